The van der Waals surface area contributed by atoms with Gasteiger partial charge in [0.1, 0.15) is 6.04 Å². The van der Waals surface area contributed by atoms with E-state index in [0.717, 1.165) is 0 Å². The molecule has 8 heteroatoms. The summed E-state index contributed by atoms with van der Waals surface area (Å²) in [6, 6.07) is 24.0. The van der Waals surface area contributed by atoms with Gasteiger partial charge in [0.25, 0.3) is 0 Å². The van der Waals surface area contributed by atoms with Crippen molar-refractivity contribution in [3.8, 4) is 0 Å². The molecule has 0 amide bonds. The fourth-order valence-corrected chi connectivity index (χ4v) is 4.45. The van der Waals surface area contributed by atoms with E-state index in [0.29, 0.717) is 26.7 Å². The molecule has 1 unspecified atom stereocenters. The second-order valence-electron chi connectivity index (χ2n) is 8.08. The summed E-state index contributed by atoms with van der Waals surface area (Å²) in [6.45, 7) is -0.465. The third kappa shape index (κ3) is 6.78. The van der Waals surface area contributed by atoms with Gasteiger partial charge in [0.05, 0.1) is 4.88 Å². The molecule has 0 spiro atoms. The number of anilines is 1. The van der Waals surface area contributed by atoms with Crippen LogP contribution in [0.25, 0.3) is 0 Å². The molecular weight excluding hydrogens is 510 g/mol. The molecule has 0 fully saturated rings. The van der Waals surface area contributed by atoms with Crippen molar-refractivity contribution in [2.45, 2.75) is 12.5 Å². The second-order valence-corrected chi connectivity index (χ2v) is 9.47. The zero-order chi connectivity index (χ0) is 26.2. The number of hydrogen-bond acceptors (Lipinski definition) is 7. The first-order valence-corrected chi connectivity index (χ1v) is 12.7. The summed E-state index contributed by atoms with van der Waals surface area (Å²) in [4.78, 5) is 52.1. The van der Waals surface area contributed by atoms with Crippen molar-refractivity contribution in [2.75, 3.05) is 11.9 Å². The van der Waals surface area contributed by atoms with Gasteiger partial charge in [0.15, 0.2) is 18.2 Å². The predicted octanol–water partition coefficient (Wildman–Crippen LogP) is 6.11. The van der Waals surface area contributed by atoms with Crippen molar-refractivity contribution in [1.29, 1.82) is 0 Å². The van der Waals surface area contributed by atoms with E-state index >= 15 is 0 Å². The van der Waals surface area contributed by atoms with Gasteiger partial charge in [0.2, 0.25) is 5.78 Å². The third-order valence-electron chi connectivity index (χ3n) is 5.50. The topological polar surface area (TPSA) is 89.5 Å². The summed E-state index contributed by atoms with van der Waals surface area (Å²) in [5, 5.41) is 5.09. The zero-order valence-corrected chi connectivity index (χ0v) is 21.1. The van der Waals surface area contributed by atoms with Crippen LogP contribution in [0, 0.1) is 0 Å². The molecular formula is C29H22ClNO5S. The van der Waals surface area contributed by atoms with E-state index in [2.05, 4.69) is 5.32 Å². The lowest BCUT2D eigenvalue weighted by molar-refractivity contribution is -0.143. The highest BCUT2D eigenvalue weighted by molar-refractivity contribution is 7.12. The Morgan fingerprint density at radius 3 is 2.14 bits per heavy atom. The smallest absolute Gasteiger partial charge is 0.329 e. The van der Waals surface area contributed by atoms with Crippen LogP contribution in [0.15, 0.2) is 96.4 Å². The lowest BCUT2D eigenvalue weighted by Gasteiger charge is -2.20. The predicted molar refractivity (Wildman–Crippen MR) is 144 cm³/mol. The van der Waals surface area contributed by atoms with Gasteiger partial charge in [-0.15, -0.1) is 11.3 Å². The van der Waals surface area contributed by atoms with Crippen molar-refractivity contribution in [3.05, 3.63) is 123 Å². The van der Waals surface area contributed by atoms with Gasteiger partial charge >= 0.3 is 5.97 Å². The molecule has 0 aliphatic rings. The summed E-state index contributed by atoms with van der Waals surface area (Å²) >= 11 is 7.43. The summed E-state index contributed by atoms with van der Waals surface area (Å²) in [5.74, 6) is -1.74. The molecule has 1 heterocycles. The molecule has 1 N–H and O–H groups in total. The fourth-order valence-electron chi connectivity index (χ4n) is 3.63. The lowest BCUT2D eigenvalue weighted by Crippen LogP contribution is -2.35. The van der Waals surface area contributed by atoms with Gasteiger partial charge in [0, 0.05) is 33.8 Å². The average Bonchev–Trinajstić information content (AvgIpc) is 3.48. The van der Waals surface area contributed by atoms with Gasteiger partial charge in [-0.1, -0.05) is 78.3 Å². The number of ketones is 3. The van der Waals surface area contributed by atoms with Gasteiger partial charge in [-0.3, -0.25) is 14.4 Å². The highest BCUT2D eigenvalue weighted by atomic mass is 35.5. The highest BCUT2D eigenvalue weighted by Crippen LogP contribution is 2.25. The molecule has 0 saturated carbocycles. The number of Topliss-reactive ketones (excluding diaryl/α,β-unsaturated/α-hetero) is 2. The number of rotatable bonds is 11. The number of esters is 1. The van der Waals surface area contributed by atoms with E-state index in [1.54, 1.807) is 90.3 Å². The minimum absolute atomic E-state index is 0.235. The lowest BCUT2D eigenvalue weighted by atomic mass is 9.99. The second kappa shape index (κ2) is 12.3. The van der Waals surface area contributed by atoms with Gasteiger partial charge in [-0.25, -0.2) is 4.79 Å². The van der Waals surface area contributed by atoms with Crippen LogP contribution in [0.2, 0.25) is 5.02 Å². The normalized spacial score (nSPS) is 11.4. The van der Waals surface area contributed by atoms with Crippen molar-refractivity contribution in [3.63, 3.8) is 0 Å². The Balaban J connectivity index is 1.59. The third-order valence-corrected chi connectivity index (χ3v) is 6.65. The zero-order valence-electron chi connectivity index (χ0n) is 19.6. The number of halogens is 1. The molecule has 0 aliphatic carbocycles. The van der Waals surface area contributed by atoms with Crippen LogP contribution in [0.1, 0.15) is 42.4 Å². The molecule has 0 bridgehead atoms. The number of hydrogen-bond donors (Lipinski definition) is 1. The minimum atomic E-state index is -1.16. The Morgan fingerprint density at radius 1 is 0.811 bits per heavy atom. The number of ether oxygens (including phenoxy) is 1. The molecule has 37 heavy (non-hydrogen) atoms. The van der Waals surface area contributed by atoms with Gasteiger partial charge in [-0.2, -0.15) is 0 Å². The monoisotopic (exact) mass is 531 g/mol. The number of carbonyl (C=O) groups is 4. The van der Waals surface area contributed by atoms with Crippen molar-refractivity contribution < 1.29 is 23.9 Å². The first-order valence-electron chi connectivity index (χ1n) is 11.4. The SMILES string of the molecule is O=C(CC(Nc1ccc(Cl)cc1C(=O)c1ccccc1)C(=O)OCC(=O)c1cccs1)c1ccccc1. The van der Waals surface area contributed by atoms with E-state index in [4.69, 9.17) is 16.3 Å². The first kappa shape index (κ1) is 26.0. The highest BCUT2D eigenvalue weighted by Gasteiger charge is 2.27. The largest absolute Gasteiger partial charge is 0.456 e. The maximum absolute atomic E-state index is 13.2. The number of thiophene rings is 1. The Hall–Kier alpha value is -4.07. The molecule has 186 valence electrons. The van der Waals surface area contributed by atoms with Crippen LogP contribution in [0.3, 0.4) is 0 Å². The molecule has 0 saturated heterocycles. The molecule has 0 radical (unpaired) electrons. The maximum atomic E-state index is 13.2. The van der Waals surface area contributed by atoms with Gasteiger partial charge in [-0.05, 0) is 29.6 Å². The van der Waals surface area contributed by atoms with E-state index in [9.17, 15) is 19.2 Å². The quantitative estimate of drug-likeness (QED) is 0.185. The van der Waals surface area contributed by atoms with E-state index < -0.39 is 18.6 Å². The van der Waals surface area contributed by atoms with Crippen LogP contribution < -0.4 is 5.32 Å². The standard InChI is InChI=1S/C29H22ClNO5S/c30-21-13-14-23(22(16-21)28(34)20-10-5-2-6-11-20)31-24(17-25(32)19-8-3-1-4-9-19)29(35)36-18-26(33)27-12-7-15-37-27/h1-16,24,31H,17-18H2. The minimum Gasteiger partial charge on any atom is -0.456 e. The molecule has 6 nitrogen and oxygen atoms in total. The van der Waals surface area contributed by atoms with Crippen LogP contribution in [0.5, 0.6) is 0 Å². The van der Waals surface area contributed by atoms with Crippen molar-refractivity contribution in [1.82, 2.24) is 0 Å². The summed E-state index contributed by atoms with van der Waals surface area (Å²) in [5.41, 5.74) is 1.41. The van der Waals surface area contributed by atoms with Crippen molar-refractivity contribution >= 4 is 51.9 Å². The fraction of sp³-hybridized carbons (Fsp3) is 0.103. The number of benzene rings is 3. The summed E-state index contributed by atoms with van der Waals surface area (Å²) in [6.07, 6.45) is -0.252. The summed E-state index contributed by atoms with van der Waals surface area (Å²) in [7, 11) is 0. The average molecular weight is 532 g/mol. The molecule has 3 aromatic carbocycles. The maximum Gasteiger partial charge on any atom is 0.329 e. The number of carbonyl (C=O) groups excluding carboxylic acids is 4. The van der Waals surface area contributed by atoms with Crippen LogP contribution in [-0.2, 0) is 9.53 Å². The van der Waals surface area contributed by atoms with Crippen LogP contribution in [-0.4, -0.2) is 36.0 Å². The molecule has 0 aliphatic heterocycles. The van der Waals surface area contributed by atoms with E-state index in [1.165, 1.54) is 17.4 Å². The number of nitrogens with one attached hydrogen (secondary N) is 1. The summed E-state index contributed by atoms with van der Waals surface area (Å²) < 4.78 is 5.30. The van der Waals surface area contributed by atoms with E-state index in [-0.39, 0.29) is 29.3 Å². The Morgan fingerprint density at radius 2 is 1.49 bits per heavy atom. The molecule has 1 atom stereocenters. The van der Waals surface area contributed by atoms with Crippen LogP contribution >= 0.6 is 22.9 Å². The molecule has 4 rings (SSSR count). The molecule has 4 aromatic rings. The molecule has 1 aromatic heterocycles. The van der Waals surface area contributed by atoms with Crippen LogP contribution in [0.4, 0.5) is 5.69 Å². The Bertz CT molecular complexity index is 1410. The van der Waals surface area contributed by atoms with E-state index in [1.807, 2.05) is 0 Å². The van der Waals surface area contributed by atoms with Crippen molar-refractivity contribution in [2.24, 2.45) is 0 Å². The Labute approximate surface area is 222 Å². The van der Waals surface area contributed by atoms with Gasteiger partial charge < -0.3 is 10.1 Å². The Kier molecular flexibility index (Phi) is 8.61. The first-order chi connectivity index (χ1) is 17.9.